The number of amides is 2. The van der Waals surface area contributed by atoms with Crippen molar-refractivity contribution in [2.75, 3.05) is 51.3 Å². The minimum absolute atomic E-state index is 0.104. The quantitative estimate of drug-likeness (QED) is 0.330. The molecule has 1 N–H and O–H groups in total. The number of piperidine rings is 1. The summed E-state index contributed by atoms with van der Waals surface area (Å²) in [6, 6.07) is 13.3. The molecule has 2 aromatic heterocycles. The number of rotatable bonds is 7. The number of halogens is 3. The summed E-state index contributed by atoms with van der Waals surface area (Å²) in [5, 5.41) is 13.1. The van der Waals surface area contributed by atoms with E-state index < -0.39 is 18.1 Å². The summed E-state index contributed by atoms with van der Waals surface area (Å²) in [5.74, 6) is 6.37. The van der Waals surface area contributed by atoms with Crippen LogP contribution < -0.4 is 5.32 Å². The number of hydrogen-bond acceptors (Lipinski definition) is 5. The van der Waals surface area contributed by atoms with Gasteiger partial charge in [-0.15, -0.1) is 0 Å². The van der Waals surface area contributed by atoms with Gasteiger partial charge in [-0.3, -0.25) is 4.98 Å². The Kier molecular flexibility index (Phi) is 9.89. The van der Waals surface area contributed by atoms with Gasteiger partial charge in [0.1, 0.15) is 6.54 Å². The van der Waals surface area contributed by atoms with Crippen molar-refractivity contribution in [3.8, 4) is 17.9 Å². The number of carbonyl (C=O) groups excluding carboxylic acids is 1. The number of likely N-dealkylation sites (tertiary alicyclic amines) is 1. The maximum Gasteiger partial charge on any atom is 0.406 e. The number of aryl methyl sites for hydroxylation is 1. The van der Waals surface area contributed by atoms with E-state index in [-0.39, 0.29) is 12.6 Å². The highest BCUT2D eigenvalue weighted by Gasteiger charge is 2.30. The monoisotopic (exact) mass is 620 g/mol. The molecule has 0 unspecified atom stereocenters. The Morgan fingerprint density at radius 2 is 1.80 bits per heavy atom. The van der Waals surface area contributed by atoms with E-state index in [9.17, 15) is 23.2 Å². The molecule has 45 heavy (non-hydrogen) atoms. The van der Waals surface area contributed by atoms with Gasteiger partial charge < -0.3 is 24.4 Å². The van der Waals surface area contributed by atoms with Crippen molar-refractivity contribution in [2.24, 2.45) is 5.92 Å². The molecule has 2 aliphatic heterocycles. The molecular formula is C34H39F3N6O2. The standard InChI is InChI=1S/C34H39F3N6O2/c1-33(2,23-38)31-10-8-28(22-40-31)39-13-3-4-29-21-27-20-26(7-9-30(27)43(29)24-34(35,36)37)6-5-25-11-14-41(15-12-25)32(44)42-16-18-45-19-17-42/h7-10,20-22,25,39H,5-6,11-19,24H2,1-2H3. The van der Waals surface area contributed by atoms with Crippen LogP contribution in [0.15, 0.2) is 42.6 Å². The minimum Gasteiger partial charge on any atom is -0.378 e. The van der Waals surface area contributed by atoms with Crippen LogP contribution in [0.2, 0.25) is 0 Å². The van der Waals surface area contributed by atoms with Gasteiger partial charge in [0.15, 0.2) is 0 Å². The molecule has 0 saturated carbocycles. The molecule has 8 nitrogen and oxygen atoms in total. The number of urea groups is 1. The van der Waals surface area contributed by atoms with Gasteiger partial charge in [-0.05, 0) is 87.3 Å². The number of ether oxygens (including phenoxy) is 1. The first kappa shape index (κ1) is 32.2. The molecule has 1 aromatic carbocycles. The fraction of sp³-hybridized carbons (Fsp3) is 0.500. The fourth-order valence-corrected chi connectivity index (χ4v) is 5.87. The van der Waals surface area contributed by atoms with Gasteiger partial charge in [0, 0.05) is 37.1 Å². The molecule has 0 bridgehead atoms. The van der Waals surface area contributed by atoms with E-state index >= 15 is 0 Å². The lowest BCUT2D eigenvalue weighted by molar-refractivity contribution is -0.140. The summed E-state index contributed by atoms with van der Waals surface area (Å²) in [6.07, 6.45) is 0.926. The zero-order valence-electron chi connectivity index (χ0n) is 25.8. The Hall–Kier alpha value is -4.22. The Morgan fingerprint density at radius 1 is 1.07 bits per heavy atom. The Bertz CT molecular complexity index is 1580. The Balaban J connectivity index is 1.20. The lowest BCUT2D eigenvalue weighted by Gasteiger charge is -2.37. The Labute approximate surface area is 262 Å². The molecule has 5 rings (SSSR count). The molecule has 2 amide bonds. The zero-order chi connectivity index (χ0) is 32.0. The molecule has 4 heterocycles. The van der Waals surface area contributed by atoms with Crippen molar-refractivity contribution in [3.05, 3.63) is 59.5 Å². The Morgan fingerprint density at radius 3 is 2.47 bits per heavy atom. The van der Waals surface area contributed by atoms with Crippen LogP contribution in [0.3, 0.4) is 0 Å². The van der Waals surface area contributed by atoms with Crippen LogP contribution in [-0.2, 0) is 23.1 Å². The van der Waals surface area contributed by atoms with Crippen molar-refractivity contribution in [1.82, 2.24) is 19.4 Å². The number of nitrogens with one attached hydrogen (secondary N) is 1. The predicted molar refractivity (Wildman–Crippen MR) is 167 cm³/mol. The van der Waals surface area contributed by atoms with Gasteiger partial charge in [0.25, 0.3) is 0 Å². The molecule has 0 spiro atoms. The lowest BCUT2D eigenvalue weighted by atomic mass is 9.90. The molecule has 2 aliphatic rings. The third-order valence-electron chi connectivity index (χ3n) is 8.59. The number of fused-ring (bicyclic) bond motifs is 1. The van der Waals surface area contributed by atoms with Crippen LogP contribution in [0.1, 0.15) is 50.1 Å². The maximum absolute atomic E-state index is 13.5. The second kappa shape index (κ2) is 13.8. The molecule has 11 heteroatoms. The van der Waals surface area contributed by atoms with Crippen LogP contribution >= 0.6 is 0 Å². The normalized spacial score (nSPS) is 16.3. The lowest BCUT2D eigenvalue weighted by Crippen LogP contribution is -2.50. The van der Waals surface area contributed by atoms with Crippen LogP contribution in [0, 0.1) is 29.1 Å². The van der Waals surface area contributed by atoms with Gasteiger partial charge >= 0.3 is 12.2 Å². The van der Waals surface area contributed by atoms with E-state index in [1.165, 1.54) is 4.57 Å². The molecule has 3 aromatic rings. The first-order chi connectivity index (χ1) is 21.5. The number of benzene rings is 1. The summed E-state index contributed by atoms with van der Waals surface area (Å²) in [5.41, 5.74) is 2.55. The van der Waals surface area contributed by atoms with Crippen LogP contribution in [-0.4, -0.2) is 77.5 Å². The number of morpholine rings is 1. The third-order valence-corrected chi connectivity index (χ3v) is 8.59. The van der Waals surface area contributed by atoms with Crippen molar-refractivity contribution in [3.63, 3.8) is 0 Å². The molecule has 238 valence electrons. The SMILES string of the molecule is CC(C)(C#N)c1ccc(NCC#Cc2cc3cc(CCC4CCN(C(=O)N5CCOCC5)CC4)ccc3n2CC(F)(F)F)cn1. The van der Waals surface area contributed by atoms with E-state index in [2.05, 4.69) is 28.2 Å². The summed E-state index contributed by atoms with van der Waals surface area (Å²) >= 11 is 0. The maximum atomic E-state index is 13.5. The van der Waals surface area contributed by atoms with Crippen molar-refractivity contribution < 1.29 is 22.7 Å². The first-order valence-corrected chi connectivity index (χ1v) is 15.4. The van der Waals surface area contributed by atoms with Crippen molar-refractivity contribution >= 4 is 22.6 Å². The van der Waals surface area contributed by atoms with Crippen LogP contribution in [0.5, 0.6) is 0 Å². The average Bonchev–Trinajstić information content (AvgIpc) is 3.37. The number of nitrogens with zero attached hydrogens (tertiary/aromatic N) is 5. The number of hydrogen-bond donors (Lipinski definition) is 1. The highest BCUT2D eigenvalue weighted by Crippen LogP contribution is 2.28. The molecule has 0 atom stereocenters. The van der Waals surface area contributed by atoms with Gasteiger partial charge in [-0.1, -0.05) is 12.0 Å². The number of carbonyl (C=O) groups is 1. The van der Waals surface area contributed by atoms with Gasteiger partial charge in [-0.25, -0.2) is 4.79 Å². The average molecular weight is 621 g/mol. The van der Waals surface area contributed by atoms with Gasteiger partial charge in [-0.2, -0.15) is 18.4 Å². The summed E-state index contributed by atoms with van der Waals surface area (Å²) in [4.78, 5) is 20.9. The number of anilines is 1. The van der Waals surface area contributed by atoms with E-state index in [1.54, 1.807) is 44.3 Å². The van der Waals surface area contributed by atoms with Crippen LogP contribution in [0.25, 0.3) is 10.9 Å². The molecule has 0 radical (unpaired) electrons. The number of nitriles is 1. The minimum atomic E-state index is -4.39. The molecule has 2 fully saturated rings. The highest BCUT2D eigenvalue weighted by molar-refractivity contribution is 5.83. The fourth-order valence-electron chi connectivity index (χ4n) is 5.87. The first-order valence-electron chi connectivity index (χ1n) is 15.4. The molecular weight excluding hydrogens is 581 g/mol. The summed E-state index contributed by atoms with van der Waals surface area (Å²) in [6.45, 7) is 6.66. The summed E-state index contributed by atoms with van der Waals surface area (Å²) < 4.78 is 47.2. The van der Waals surface area contributed by atoms with E-state index in [0.29, 0.717) is 54.8 Å². The largest absolute Gasteiger partial charge is 0.406 e. The zero-order valence-corrected chi connectivity index (χ0v) is 25.8. The third kappa shape index (κ3) is 8.29. The number of aromatic nitrogens is 2. The smallest absolute Gasteiger partial charge is 0.378 e. The predicted octanol–water partition coefficient (Wildman–Crippen LogP) is 5.96. The van der Waals surface area contributed by atoms with Crippen molar-refractivity contribution in [1.29, 1.82) is 5.26 Å². The van der Waals surface area contributed by atoms with Gasteiger partial charge in [0.2, 0.25) is 0 Å². The highest BCUT2D eigenvalue weighted by atomic mass is 19.4. The van der Waals surface area contributed by atoms with E-state index in [0.717, 1.165) is 49.7 Å². The second-order valence-corrected chi connectivity index (χ2v) is 12.3. The van der Waals surface area contributed by atoms with E-state index in [1.807, 2.05) is 21.9 Å². The molecule has 2 saturated heterocycles. The second-order valence-electron chi connectivity index (χ2n) is 12.3. The number of alkyl halides is 3. The number of pyridine rings is 1. The summed E-state index contributed by atoms with van der Waals surface area (Å²) in [7, 11) is 0. The molecule has 0 aliphatic carbocycles. The van der Waals surface area contributed by atoms with Gasteiger partial charge in [0.05, 0.1) is 54.5 Å². The topological polar surface area (TPSA) is 86.4 Å². The van der Waals surface area contributed by atoms with Crippen molar-refractivity contribution in [2.45, 2.75) is 57.7 Å². The van der Waals surface area contributed by atoms with Crippen LogP contribution in [0.4, 0.5) is 23.7 Å². The van der Waals surface area contributed by atoms with E-state index in [4.69, 9.17) is 4.74 Å².